The zero-order valence-electron chi connectivity index (χ0n) is 17.8. The number of methoxy groups -OCH3 is 1. The van der Waals surface area contributed by atoms with Crippen LogP contribution in [0.2, 0.25) is 0 Å². The van der Waals surface area contributed by atoms with Crippen molar-refractivity contribution in [1.29, 1.82) is 0 Å². The van der Waals surface area contributed by atoms with Crippen molar-refractivity contribution < 1.29 is 17.9 Å². The van der Waals surface area contributed by atoms with Gasteiger partial charge in [-0.05, 0) is 60.9 Å². The number of hydrogen-bond acceptors (Lipinski definition) is 4. The molecule has 0 heterocycles. The Labute approximate surface area is 183 Å². The molecule has 0 atom stereocenters. The molecule has 3 aromatic carbocycles. The number of aryl methyl sites for hydroxylation is 1. The highest BCUT2D eigenvalue weighted by atomic mass is 32.2. The molecule has 6 nitrogen and oxygen atoms in total. The van der Waals surface area contributed by atoms with Crippen LogP contribution in [-0.2, 0) is 16.4 Å². The SMILES string of the molecule is COc1ccc(S(=O)(=O)N(C)c2cc(C(=O)NCCc3ccccc3)ccc2C)cc1. The molecule has 7 heteroatoms. The molecule has 3 rings (SSSR count). The van der Waals surface area contributed by atoms with E-state index >= 15 is 0 Å². The second-order valence-corrected chi connectivity index (χ2v) is 9.11. The molecule has 0 radical (unpaired) electrons. The molecule has 0 aliphatic heterocycles. The third-order valence-corrected chi connectivity index (χ3v) is 6.86. The molecule has 0 saturated heterocycles. The van der Waals surface area contributed by atoms with Gasteiger partial charge in [-0.3, -0.25) is 9.10 Å². The number of rotatable bonds is 8. The third-order valence-electron chi connectivity index (χ3n) is 5.07. The summed E-state index contributed by atoms with van der Waals surface area (Å²) in [5.41, 5.74) is 2.75. The van der Waals surface area contributed by atoms with Gasteiger partial charge >= 0.3 is 0 Å². The number of anilines is 1. The van der Waals surface area contributed by atoms with E-state index in [1.807, 2.05) is 37.3 Å². The predicted molar refractivity (Wildman–Crippen MR) is 122 cm³/mol. The topological polar surface area (TPSA) is 75.7 Å². The maximum Gasteiger partial charge on any atom is 0.264 e. The van der Waals surface area contributed by atoms with E-state index in [9.17, 15) is 13.2 Å². The van der Waals surface area contributed by atoms with Crippen LogP contribution in [0.3, 0.4) is 0 Å². The van der Waals surface area contributed by atoms with Crippen molar-refractivity contribution in [3.05, 3.63) is 89.5 Å². The molecule has 31 heavy (non-hydrogen) atoms. The minimum atomic E-state index is -3.79. The van der Waals surface area contributed by atoms with Crippen molar-refractivity contribution in [3.63, 3.8) is 0 Å². The van der Waals surface area contributed by atoms with Crippen LogP contribution >= 0.6 is 0 Å². The van der Waals surface area contributed by atoms with E-state index < -0.39 is 10.0 Å². The number of nitrogens with zero attached hydrogens (tertiary/aromatic N) is 1. The molecule has 0 aliphatic rings. The second kappa shape index (κ2) is 9.66. The average molecular weight is 439 g/mol. The average Bonchev–Trinajstić information content (AvgIpc) is 2.79. The van der Waals surface area contributed by atoms with E-state index in [1.165, 1.54) is 30.6 Å². The number of benzene rings is 3. The Bertz CT molecular complexity index is 1140. The summed E-state index contributed by atoms with van der Waals surface area (Å²) < 4.78 is 32.5. The Balaban J connectivity index is 1.76. The zero-order valence-corrected chi connectivity index (χ0v) is 18.6. The maximum atomic E-state index is 13.1. The lowest BCUT2D eigenvalue weighted by Crippen LogP contribution is -2.29. The normalized spacial score (nSPS) is 11.1. The number of carbonyl (C=O) groups excluding carboxylic acids is 1. The molecule has 0 unspecified atom stereocenters. The van der Waals surface area contributed by atoms with Crippen molar-refractivity contribution in [2.24, 2.45) is 0 Å². The Kier molecular flexibility index (Phi) is 6.97. The number of hydrogen-bond donors (Lipinski definition) is 1. The third kappa shape index (κ3) is 5.24. The summed E-state index contributed by atoms with van der Waals surface area (Å²) >= 11 is 0. The van der Waals surface area contributed by atoms with Gasteiger partial charge in [0.15, 0.2) is 0 Å². The highest BCUT2D eigenvalue weighted by molar-refractivity contribution is 7.92. The van der Waals surface area contributed by atoms with E-state index in [4.69, 9.17) is 4.74 Å². The first kappa shape index (κ1) is 22.4. The number of nitrogens with one attached hydrogen (secondary N) is 1. The summed E-state index contributed by atoms with van der Waals surface area (Å²) in [5.74, 6) is 0.333. The van der Waals surface area contributed by atoms with Gasteiger partial charge in [0.1, 0.15) is 5.75 Å². The molecule has 3 aromatic rings. The van der Waals surface area contributed by atoms with Crippen LogP contribution in [0.4, 0.5) is 5.69 Å². The Morgan fingerprint density at radius 2 is 1.68 bits per heavy atom. The van der Waals surface area contributed by atoms with Crippen LogP contribution in [-0.4, -0.2) is 35.0 Å². The van der Waals surface area contributed by atoms with Crippen molar-refractivity contribution in [3.8, 4) is 5.75 Å². The fourth-order valence-corrected chi connectivity index (χ4v) is 4.44. The summed E-state index contributed by atoms with van der Waals surface area (Å²) in [6, 6.07) is 21.1. The van der Waals surface area contributed by atoms with Crippen LogP contribution < -0.4 is 14.4 Å². The lowest BCUT2D eigenvalue weighted by atomic mass is 10.1. The highest BCUT2D eigenvalue weighted by Crippen LogP contribution is 2.27. The lowest BCUT2D eigenvalue weighted by molar-refractivity contribution is 0.0954. The van der Waals surface area contributed by atoms with Crippen molar-refractivity contribution in [1.82, 2.24) is 5.32 Å². The number of sulfonamides is 1. The molecule has 1 N–H and O–H groups in total. The molecule has 162 valence electrons. The molecule has 0 aliphatic carbocycles. The van der Waals surface area contributed by atoms with E-state index in [0.717, 1.165) is 17.5 Å². The van der Waals surface area contributed by atoms with Gasteiger partial charge in [0.2, 0.25) is 0 Å². The van der Waals surface area contributed by atoms with Gasteiger partial charge < -0.3 is 10.1 Å². The molecule has 0 spiro atoms. The van der Waals surface area contributed by atoms with E-state index in [-0.39, 0.29) is 10.8 Å². The summed E-state index contributed by atoms with van der Waals surface area (Å²) in [6.07, 6.45) is 0.719. The number of carbonyl (C=O) groups is 1. The van der Waals surface area contributed by atoms with Crippen molar-refractivity contribution in [2.45, 2.75) is 18.2 Å². The fraction of sp³-hybridized carbons (Fsp3) is 0.208. The smallest absolute Gasteiger partial charge is 0.264 e. The predicted octanol–water partition coefficient (Wildman–Crippen LogP) is 3.80. The minimum absolute atomic E-state index is 0.146. The van der Waals surface area contributed by atoms with Gasteiger partial charge in [-0.15, -0.1) is 0 Å². The van der Waals surface area contributed by atoms with Gasteiger partial charge in [0.05, 0.1) is 17.7 Å². The maximum absolute atomic E-state index is 13.1. The van der Waals surface area contributed by atoms with Crippen LogP contribution in [0.15, 0.2) is 77.7 Å². The Morgan fingerprint density at radius 1 is 1.00 bits per heavy atom. The van der Waals surface area contributed by atoms with Gasteiger partial charge in [0, 0.05) is 19.2 Å². The summed E-state index contributed by atoms with van der Waals surface area (Å²) in [6.45, 7) is 2.30. The van der Waals surface area contributed by atoms with Gasteiger partial charge in [-0.1, -0.05) is 36.4 Å². The molecule has 0 bridgehead atoms. The van der Waals surface area contributed by atoms with Crippen LogP contribution in [0.1, 0.15) is 21.5 Å². The first-order valence-electron chi connectivity index (χ1n) is 9.88. The summed E-state index contributed by atoms with van der Waals surface area (Å²) in [7, 11) is -0.781. The monoisotopic (exact) mass is 438 g/mol. The standard InChI is InChI=1S/C24H26N2O4S/c1-18-9-10-20(24(27)25-16-15-19-7-5-4-6-8-19)17-23(18)26(2)31(28,29)22-13-11-21(30-3)12-14-22/h4-14,17H,15-16H2,1-3H3,(H,25,27). The molecular formula is C24H26N2O4S. The van der Waals surface area contributed by atoms with E-state index in [2.05, 4.69) is 5.32 Å². The molecule has 1 amide bonds. The largest absolute Gasteiger partial charge is 0.497 e. The molecule has 0 fully saturated rings. The molecule has 0 aromatic heterocycles. The first-order valence-corrected chi connectivity index (χ1v) is 11.3. The molecular weight excluding hydrogens is 412 g/mol. The zero-order chi connectivity index (χ0) is 22.4. The second-order valence-electron chi connectivity index (χ2n) is 7.14. The van der Waals surface area contributed by atoms with Gasteiger partial charge in [0.25, 0.3) is 15.9 Å². The Morgan fingerprint density at radius 3 is 2.32 bits per heavy atom. The number of amides is 1. The highest BCUT2D eigenvalue weighted by Gasteiger charge is 2.23. The molecule has 0 saturated carbocycles. The van der Waals surface area contributed by atoms with Crippen LogP contribution in [0.25, 0.3) is 0 Å². The van der Waals surface area contributed by atoms with Crippen molar-refractivity contribution >= 4 is 21.6 Å². The van der Waals surface area contributed by atoms with Gasteiger partial charge in [-0.25, -0.2) is 8.42 Å². The first-order chi connectivity index (χ1) is 14.8. The van der Waals surface area contributed by atoms with Gasteiger partial charge in [-0.2, -0.15) is 0 Å². The van der Waals surface area contributed by atoms with Crippen molar-refractivity contribution in [2.75, 3.05) is 25.0 Å². The summed E-state index contributed by atoms with van der Waals surface area (Å²) in [4.78, 5) is 12.8. The fourth-order valence-electron chi connectivity index (χ4n) is 3.19. The number of ether oxygens (including phenoxy) is 1. The van der Waals surface area contributed by atoms with Crippen LogP contribution in [0.5, 0.6) is 5.75 Å². The van der Waals surface area contributed by atoms with E-state index in [1.54, 1.807) is 30.3 Å². The van der Waals surface area contributed by atoms with E-state index in [0.29, 0.717) is 23.5 Å². The lowest BCUT2D eigenvalue weighted by Gasteiger charge is -2.22. The summed E-state index contributed by atoms with van der Waals surface area (Å²) in [5, 5.41) is 2.90. The minimum Gasteiger partial charge on any atom is -0.497 e. The quantitative estimate of drug-likeness (QED) is 0.580. The Hall–Kier alpha value is -3.32. The van der Waals surface area contributed by atoms with Crippen LogP contribution in [0, 0.1) is 6.92 Å².